The van der Waals surface area contributed by atoms with Crippen LogP contribution in [0.25, 0.3) is 0 Å². The van der Waals surface area contributed by atoms with Crippen molar-refractivity contribution in [1.29, 1.82) is 0 Å². The Morgan fingerprint density at radius 3 is 0.974 bits per heavy atom. The van der Waals surface area contributed by atoms with E-state index in [2.05, 4.69) is 13.8 Å². The standard InChI is InChI=1S/C33H63NO4.Na.H/c1-4-6-8-10-12-14-15-16-17-18-19-21-23-25-27-29-32(36)34(30(3)33(37)38)31(35)28-26-24-22-20-13-11-9-7-5-2;;/h30H,4-29H2,1-3H3,(H,37,38);;/q;+1;-1/t30-;;/m0../s1. The molecule has 0 heterocycles. The molecule has 226 valence electrons. The maximum Gasteiger partial charge on any atom is 1.00 e. The van der Waals surface area contributed by atoms with Crippen LogP contribution in [0.3, 0.4) is 0 Å². The van der Waals surface area contributed by atoms with E-state index in [-0.39, 0.29) is 55.6 Å². The van der Waals surface area contributed by atoms with Crippen molar-refractivity contribution >= 4 is 17.8 Å². The summed E-state index contributed by atoms with van der Waals surface area (Å²) in [6.07, 6.45) is 29.8. The minimum atomic E-state index is -1.12. The molecule has 0 aromatic rings. The van der Waals surface area contributed by atoms with Crippen molar-refractivity contribution in [2.45, 2.75) is 194 Å². The number of hydrogen-bond acceptors (Lipinski definition) is 3. The van der Waals surface area contributed by atoms with E-state index in [0.717, 1.165) is 43.4 Å². The van der Waals surface area contributed by atoms with Gasteiger partial charge in [0.15, 0.2) is 0 Å². The molecule has 0 aliphatic rings. The third kappa shape index (κ3) is 25.1. The molecule has 39 heavy (non-hydrogen) atoms. The number of aliphatic carboxylic acids is 1. The Hall–Kier alpha value is -0.390. The molecule has 0 rings (SSSR count). The smallest absolute Gasteiger partial charge is 1.00 e. The van der Waals surface area contributed by atoms with Gasteiger partial charge in [-0.15, -0.1) is 0 Å². The first kappa shape index (κ1) is 40.7. The molecule has 0 spiro atoms. The summed E-state index contributed by atoms with van der Waals surface area (Å²) in [6, 6.07) is -1.09. The Bertz CT molecular complexity index is 591. The monoisotopic (exact) mass is 561 g/mol. The first-order valence-corrected chi connectivity index (χ1v) is 16.5. The van der Waals surface area contributed by atoms with Crippen molar-refractivity contribution < 1.29 is 50.5 Å². The van der Waals surface area contributed by atoms with E-state index >= 15 is 0 Å². The van der Waals surface area contributed by atoms with Gasteiger partial charge >= 0.3 is 35.5 Å². The fourth-order valence-electron chi connectivity index (χ4n) is 5.16. The molecule has 0 aliphatic carbocycles. The predicted molar refractivity (Wildman–Crippen MR) is 161 cm³/mol. The molecule has 0 bridgehead atoms. The second kappa shape index (κ2) is 30.6. The molecule has 0 saturated heterocycles. The fraction of sp³-hybridized carbons (Fsp3) is 0.909. The van der Waals surface area contributed by atoms with Crippen molar-refractivity contribution in [3.8, 4) is 0 Å². The predicted octanol–water partition coefficient (Wildman–Crippen LogP) is 7.11. The Morgan fingerprint density at radius 2 is 0.744 bits per heavy atom. The van der Waals surface area contributed by atoms with Crippen LogP contribution >= 0.6 is 0 Å². The van der Waals surface area contributed by atoms with E-state index in [0.29, 0.717) is 0 Å². The van der Waals surface area contributed by atoms with Gasteiger partial charge in [0.2, 0.25) is 11.8 Å². The van der Waals surface area contributed by atoms with Gasteiger partial charge in [-0.1, -0.05) is 155 Å². The van der Waals surface area contributed by atoms with Crippen molar-refractivity contribution in [2.24, 2.45) is 0 Å². The molecule has 1 atom stereocenters. The van der Waals surface area contributed by atoms with Crippen LogP contribution < -0.4 is 29.6 Å². The van der Waals surface area contributed by atoms with Crippen LogP contribution in [0.1, 0.15) is 189 Å². The van der Waals surface area contributed by atoms with Gasteiger partial charge in [0, 0.05) is 12.8 Å². The zero-order chi connectivity index (χ0) is 28.3. The van der Waals surface area contributed by atoms with Gasteiger partial charge in [-0.2, -0.15) is 0 Å². The number of rotatable bonds is 28. The number of amides is 2. The number of carboxylic acid groups (broad SMARTS) is 1. The van der Waals surface area contributed by atoms with Crippen LogP contribution in [0, 0.1) is 0 Å². The first-order chi connectivity index (χ1) is 18.5. The molecule has 5 nitrogen and oxygen atoms in total. The zero-order valence-corrected chi connectivity index (χ0v) is 28.6. The summed E-state index contributed by atoms with van der Waals surface area (Å²) in [5.41, 5.74) is 0. The minimum Gasteiger partial charge on any atom is -1.00 e. The average molecular weight is 562 g/mol. The summed E-state index contributed by atoms with van der Waals surface area (Å²) in [5.74, 6) is -1.76. The zero-order valence-electron chi connectivity index (χ0n) is 27.6. The number of imide groups is 1. The van der Waals surface area contributed by atoms with Crippen LogP contribution in [0.15, 0.2) is 0 Å². The van der Waals surface area contributed by atoms with Crippen LogP contribution in [-0.2, 0) is 14.4 Å². The van der Waals surface area contributed by atoms with E-state index in [1.807, 2.05) is 0 Å². The van der Waals surface area contributed by atoms with Crippen LogP contribution in [0.4, 0.5) is 0 Å². The molecular formula is C33H64NNaO4. The molecular weight excluding hydrogens is 497 g/mol. The van der Waals surface area contributed by atoms with Crippen molar-refractivity contribution in [3.05, 3.63) is 0 Å². The first-order valence-electron chi connectivity index (χ1n) is 16.5. The molecule has 0 aromatic heterocycles. The molecule has 2 amide bonds. The van der Waals surface area contributed by atoms with Crippen molar-refractivity contribution in [2.75, 3.05) is 0 Å². The normalized spacial score (nSPS) is 11.7. The molecule has 0 fully saturated rings. The Labute approximate surface area is 265 Å². The van der Waals surface area contributed by atoms with Crippen molar-refractivity contribution in [3.63, 3.8) is 0 Å². The fourth-order valence-corrected chi connectivity index (χ4v) is 5.16. The quantitative estimate of drug-likeness (QED) is 0.0816. The van der Waals surface area contributed by atoms with Crippen LogP contribution in [0.5, 0.6) is 0 Å². The van der Waals surface area contributed by atoms with E-state index in [9.17, 15) is 19.5 Å². The number of unbranched alkanes of at least 4 members (excludes halogenated alkanes) is 22. The summed E-state index contributed by atoms with van der Waals surface area (Å²) in [4.78, 5) is 38.1. The maximum absolute atomic E-state index is 12.8. The molecule has 6 heteroatoms. The number of nitrogens with zero attached hydrogens (tertiary/aromatic N) is 1. The summed E-state index contributed by atoms with van der Waals surface area (Å²) >= 11 is 0. The number of carbonyl (C=O) groups excluding carboxylic acids is 2. The maximum atomic E-state index is 12.8. The molecule has 0 saturated carbocycles. The Kier molecular flexibility index (Phi) is 31.9. The van der Waals surface area contributed by atoms with Gasteiger partial charge in [0.25, 0.3) is 0 Å². The largest absolute Gasteiger partial charge is 1.00 e. The Balaban J connectivity index is -0.00000684. The van der Waals surface area contributed by atoms with Crippen LogP contribution in [0.2, 0.25) is 0 Å². The number of carboxylic acids is 1. The van der Waals surface area contributed by atoms with Gasteiger partial charge in [-0.05, 0) is 19.8 Å². The second-order valence-corrected chi connectivity index (χ2v) is 11.4. The molecule has 0 radical (unpaired) electrons. The van der Waals surface area contributed by atoms with E-state index in [1.165, 1.54) is 122 Å². The Morgan fingerprint density at radius 1 is 0.513 bits per heavy atom. The summed E-state index contributed by atoms with van der Waals surface area (Å²) in [5, 5.41) is 9.44. The van der Waals surface area contributed by atoms with Crippen molar-refractivity contribution in [1.82, 2.24) is 4.90 Å². The summed E-state index contributed by atoms with van der Waals surface area (Å²) in [6.45, 7) is 5.93. The topological polar surface area (TPSA) is 74.7 Å². The molecule has 0 aromatic carbocycles. The number of carbonyl (C=O) groups is 3. The van der Waals surface area contributed by atoms with E-state index in [4.69, 9.17) is 0 Å². The second-order valence-electron chi connectivity index (χ2n) is 11.4. The van der Waals surface area contributed by atoms with Gasteiger partial charge in [0.05, 0.1) is 0 Å². The summed E-state index contributed by atoms with van der Waals surface area (Å²) in [7, 11) is 0. The average Bonchev–Trinajstić information content (AvgIpc) is 2.90. The van der Waals surface area contributed by atoms with Gasteiger partial charge in [-0.25, -0.2) is 4.79 Å². The minimum absolute atomic E-state index is 0. The van der Waals surface area contributed by atoms with E-state index in [1.54, 1.807) is 0 Å². The van der Waals surface area contributed by atoms with E-state index < -0.39 is 12.0 Å². The third-order valence-corrected chi connectivity index (χ3v) is 7.77. The van der Waals surface area contributed by atoms with Gasteiger partial charge < -0.3 is 6.53 Å². The number of hydrogen-bond donors (Lipinski definition) is 1. The summed E-state index contributed by atoms with van der Waals surface area (Å²) < 4.78 is 0. The SMILES string of the molecule is CCCCCCCCCCCCCCCCCC(=O)N(C(=O)CCCCCCCCCCC)[C@@H](C)C(=O)O.[H-].[Na+]. The third-order valence-electron chi connectivity index (χ3n) is 7.77. The molecule has 1 N–H and O–H groups in total. The van der Waals surface area contributed by atoms with Gasteiger partial charge in [0.1, 0.15) is 6.04 Å². The van der Waals surface area contributed by atoms with Gasteiger partial charge in [-0.3, -0.25) is 14.5 Å². The molecule has 0 aliphatic heterocycles. The van der Waals surface area contributed by atoms with Crippen LogP contribution in [-0.4, -0.2) is 33.8 Å². The molecule has 0 unspecified atom stereocenters.